The highest BCUT2D eigenvalue weighted by atomic mass is 79.9. The molecule has 0 aliphatic rings. The van der Waals surface area contributed by atoms with Crippen LogP contribution in [0.3, 0.4) is 0 Å². The first-order chi connectivity index (χ1) is 6.38. The molecule has 0 amide bonds. The van der Waals surface area contributed by atoms with E-state index in [4.69, 9.17) is 0 Å². The third kappa shape index (κ3) is 4.56. The molecule has 0 N–H and O–H groups in total. The van der Waals surface area contributed by atoms with Crippen molar-refractivity contribution in [1.29, 1.82) is 0 Å². The monoisotopic (exact) mass is 304 g/mol. The van der Waals surface area contributed by atoms with Crippen LogP contribution in [0, 0.1) is 5.92 Å². The molecule has 0 bridgehead atoms. The molecule has 0 nitrogen and oxygen atoms in total. The zero-order valence-electron chi connectivity index (χ0n) is 7.52. The zero-order chi connectivity index (χ0) is 12.5. The Morgan fingerprint density at radius 2 is 1.40 bits per heavy atom. The maximum Gasteiger partial charge on any atom is 0.391 e. The molecule has 0 aliphatic heterocycles. The smallest absolute Gasteiger partial charge is 0.199 e. The lowest BCUT2D eigenvalue weighted by Crippen LogP contribution is -2.36. The van der Waals surface area contributed by atoms with Crippen molar-refractivity contribution in [3.8, 4) is 0 Å². The molecular formula is C7H8BrF7. The van der Waals surface area contributed by atoms with Crippen molar-refractivity contribution in [2.24, 2.45) is 5.92 Å². The number of rotatable bonds is 4. The molecule has 0 aromatic rings. The quantitative estimate of drug-likeness (QED) is 0.526. The number of hydrogen-bond donors (Lipinski definition) is 0. The second kappa shape index (κ2) is 4.47. The number of alkyl halides is 8. The van der Waals surface area contributed by atoms with E-state index in [1.807, 2.05) is 0 Å². The van der Waals surface area contributed by atoms with Crippen molar-refractivity contribution < 1.29 is 30.7 Å². The van der Waals surface area contributed by atoms with Gasteiger partial charge >= 0.3 is 16.9 Å². The molecule has 8 heteroatoms. The van der Waals surface area contributed by atoms with Crippen molar-refractivity contribution in [2.45, 2.75) is 36.7 Å². The first-order valence-corrected chi connectivity index (χ1v) is 4.68. The molecule has 15 heavy (non-hydrogen) atoms. The Bertz CT molecular complexity index is 204. The summed E-state index contributed by atoms with van der Waals surface area (Å²) in [6.45, 7) is 0.669. The highest BCUT2D eigenvalue weighted by Gasteiger charge is 2.54. The fourth-order valence-electron chi connectivity index (χ4n) is 0.703. The summed E-state index contributed by atoms with van der Waals surface area (Å²) in [6, 6.07) is 0. The minimum atomic E-state index is -4.64. The average molecular weight is 305 g/mol. The molecule has 0 fully saturated rings. The van der Waals surface area contributed by atoms with E-state index < -0.39 is 35.7 Å². The van der Waals surface area contributed by atoms with Gasteiger partial charge in [-0.25, -0.2) is 0 Å². The van der Waals surface area contributed by atoms with Crippen LogP contribution >= 0.6 is 15.9 Å². The molecule has 0 radical (unpaired) electrons. The maximum atomic E-state index is 12.5. The van der Waals surface area contributed by atoms with E-state index in [2.05, 4.69) is 0 Å². The van der Waals surface area contributed by atoms with Crippen molar-refractivity contribution in [1.82, 2.24) is 0 Å². The molecule has 0 rings (SSSR count). The molecule has 0 saturated heterocycles. The Morgan fingerprint density at radius 1 is 1.00 bits per heavy atom. The van der Waals surface area contributed by atoms with E-state index in [9.17, 15) is 30.7 Å². The van der Waals surface area contributed by atoms with Crippen LogP contribution in [0.4, 0.5) is 30.7 Å². The van der Waals surface area contributed by atoms with Crippen LogP contribution in [-0.2, 0) is 0 Å². The highest BCUT2D eigenvalue weighted by Crippen LogP contribution is 2.44. The van der Waals surface area contributed by atoms with Gasteiger partial charge in [-0.05, 0) is 22.4 Å². The summed E-state index contributed by atoms with van der Waals surface area (Å²) < 4.78 is 84.9. The molecule has 0 aromatic heterocycles. The summed E-state index contributed by atoms with van der Waals surface area (Å²) in [4.78, 5) is -4.48. The van der Waals surface area contributed by atoms with Gasteiger partial charge in [-0.15, -0.1) is 0 Å². The van der Waals surface area contributed by atoms with Crippen molar-refractivity contribution in [3.05, 3.63) is 0 Å². The van der Waals surface area contributed by atoms with Crippen LogP contribution in [0.1, 0.15) is 19.8 Å². The van der Waals surface area contributed by atoms with Gasteiger partial charge in [0, 0.05) is 6.42 Å². The van der Waals surface area contributed by atoms with Crippen LogP contribution < -0.4 is 0 Å². The molecule has 0 aliphatic carbocycles. The van der Waals surface area contributed by atoms with Crippen LogP contribution in [-0.4, -0.2) is 16.9 Å². The first-order valence-electron chi connectivity index (χ1n) is 3.89. The summed E-state index contributed by atoms with van der Waals surface area (Å²) in [5, 5.41) is 0. The fourth-order valence-corrected chi connectivity index (χ4v) is 0.901. The van der Waals surface area contributed by atoms with E-state index in [1.54, 1.807) is 0 Å². The SMILES string of the molecule is CC(CCC(F)(F)C(F)(F)Br)C(F)(F)F. The Morgan fingerprint density at radius 3 is 1.67 bits per heavy atom. The molecule has 0 saturated carbocycles. The Kier molecular flexibility index (Phi) is 4.46. The highest BCUT2D eigenvalue weighted by molar-refractivity contribution is 9.10. The Labute approximate surface area is 90.0 Å². The standard InChI is InChI=1S/C7H8BrF7/c1-4(6(11,12)13)2-3-5(9,10)7(8,14)15/h4H,2-3H2,1H3. The molecule has 1 unspecified atom stereocenters. The lowest BCUT2D eigenvalue weighted by atomic mass is 10.0. The van der Waals surface area contributed by atoms with Gasteiger partial charge in [-0.1, -0.05) is 6.92 Å². The molecule has 0 heterocycles. The minimum absolute atomic E-state index is 0.669. The van der Waals surface area contributed by atoms with Gasteiger partial charge in [-0.3, -0.25) is 0 Å². The van der Waals surface area contributed by atoms with Gasteiger partial charge in [0.25, 0.3) is 0 Å². The lowest BCUT2D eigenvalue weighted by Gasteiger charge is -2.23. The largest absolute Gasteiger partial charge is 0.391 e. The van der Waals surface area contributed by atoms with E-state index in [-0.39, 0.29) is 0 Å². The van der Waals surface area contributed by atoms with Crippen LogP contribution in [0.5, 0.6) is 0 Å². The summed E-state index contributed by atoms with van der Waals surface area (Å²) in [7, 11) is 0. The average Bonchev–Trinajstić information content (AvgIpc) is 1.96. The Hall–Kier alpha value is -0.0100. The third-order valence-electron chi connectivity index (χ3n) is 1.86. The van der Waals surface area contributed by atoms with Crippen molar-refractivity contribution in [3.63, 3.8) is 0 Å². The van der Waals surface area contributed by atoms with Gasteiger partial charge in [0.15, 0.2) is 0 Å². The van der Waals surface area contributed by atoms with E-state index in [0.717, 1.165) is 0 Å². The zero-order valence-corrected chi connectivity index (χ0v) is 9.10. The second-order valence-corrected chi connectivity index (χ2v) is 4.18. The van der Waals surface area contributed by atoms with Crippen molar-refractivity contribution >= 4 is 15.9 Å². The molecule has 0 spiro atoms. The third-order valence-corrected chi connectivity index (χ3v) is 2.44. The Balaban J connectivity index is 4.29. The summed E-state index contributed by atoms with van der Waals surface area (Å²) in [6.07, 6.45) is -7.21. The van der Waals surface area contributed by atoms with Crippen LogP contribution in [0.2, 0.25) is 0 Å². The number of hydrogen-bond acceptors (Lipinski definition) is 0. The van der Waals surface area contributed by atoms with Gasteiger partial charge < -0.3 is 0 Å². The van der Waals surface area contributed by atoms with E-state index >= 15 is 0 Å². The molecule has 92 valence electrons. The van der Waals surface area contributed by atoms with Gasteiger partial charge in [0.2, 0.25) is 0 Å². The summed E-state index contributed by atoms with van der Waals surface area (Å²) >= 11 is 1.44. The van der Waals surface area contributed by atoms with E-state index in [1.165, 1.54) is 15.9 Å². The normalized spacial score (nSPS) is 16.6. The summed E-state index contributed by atoms with van der Waals surface area (Å²) in [5.74, 6) is -6.51. The van der Waals surface area contributed by atoms with Gasteiger partial charge in [0.05, 0.1) is 5.92 Å². The minimum Gasteiger partial charge on any atom is -0.199 e. The van der Waals surface area contributed by atoms with Gasteiger partial charge in [0.1, 0.15) is 0 Å². The molecular weight excluding hydrogens is 297 g/mol. The van der Waals surface area contributed by atoms with Gasteiger partial charge in [-0.2, -0.15) is 30.7 Å². The maximum absolute atomic E-state index is 12.5. The van der Waals surface area contributed by atoms with Crippen LogP contribution in [0.15, 0.2) is 0 Å². The lowest BCUT2D eigenvalue weighted by molar-refractivity contribution is -0.187. The number of halogens is 8. The van der Waals surface area contributed by atoms with Crippen molar-refractivity contribution in [2.75, 3.05) is 0 Å². The fraction of sp³-hybridized carbons (Fsp3) is 1.00. The summed E-state index contributed by atoms with van der Waals surface area (Å²) in [5.41, 5.74) is 0. The van der Waals surface area contributed by atoms with Crippen LogP contribution in [0.25, 0.3) is 0 Å². The second-order valence-electron chi connectivity index (χ2n) is 3.18. The van der Waals surface area contributed by atoms with E-state index in [0.29, 0.717) is 6.92 Å². The molecule has 1 atom stereocenters. The predicted molar refractivity (Wildman–Crippen MR) is 43.3 cm³/mol. The first kappa shape index (κ1) is 15.0. The topological polar surface area (TPSA) is 0 Å². The predicted octanol–water partition coefficient (Wildman–Crippen LogP) is 4.59. The molecule has 0 aromatic carbocycles.